The van der Waals surface area contributed by atoms with Crippen LogP contribution in [0.1, 0.15) is 36.3 Å². The van der Waals surface area contributed by atoms with Crippen molar-refractivity contribution in [2.45, 2.75) is 33.7 Å². The first-order chi connectivity index (χ1) is 14.0. The number of carbonyl (C=O) groups excluding carboxylic acids is 1. The van der Waals surface area contributed by atoms with Gasteiger partial charge >= 0.3 is 0 Å². The Morgan fingerprint density at radius 3 is 2.34 bits per heavy atom. The summed E-state index contributed by atoms with van der Waals surface area (Å²) in [4.78, 5) is 16.7. The molecule has 0 aliphatic carbocycles. The molecule has 1 fully saturated rings. The summed E-state index contributed by atoms with van der Waals surface area (Å²) in [5.74, 6) is -0.365. The average Bonchev–Trinajstić information content (AvgIpc) is 3.07. The fraction of sp³-hybridized carbons (Fsp3) is 0.522. The molecule has 2 N–H and O–H groups in total. The molecule has 1 aliphatic rings. The molecule has 158 valence electrons. The molecule has 1 aromatic carbocycles. The van der Waals surface area contributed by atoms with Gasteiger partial charge in [-0.25, -0.2) is 0 Å². The largest absolute Gasteiger partial charge is 0.379 e. The number of ether oxygens (including phenoxy) is 1. The van der Waals surface area contributed by atoms with Gasteiger partial charge in [-0.05, 0) is 51.0 Å². The Balaban J connectivity index is 1.81. The number of hydrogen-bond donors (Lipinski definition) is 1. The summed E-state index contributed by atoms with van der Waals surface area (Å²) in [6.45, 7) is 13.8. The van der Waals surface area contributed by atoms with Gasteiger partial charge in [-0.15, -0.1) is 0 Å². The first-order valence-electron chi connectivity index (χ1n) is 10.7. The van der Waals surface area contributed by atoms with E-state index in [-0.39, 0.29) is 5.91 Å². The number of aromatic nitrogens is 1. The third kappa shape index (κ3) is 5.00. The highest BCUT2D eigenvalue weighted by Gasteiger charge is 2.17. The Morgan fingerprint density at radius 1 is 1.10 bits per heavy atom. The number of amides is 1. The molecule has 6 heteroatoms. The minimum absolute atomic E-state index is 0.365. The van der Waals surface area contributed by atoms with Gasteiger partial charge in [-0.3, -0.25) is 9.69 Å². The van der Waals surface area contributed by atoms with Gasteiger partial charge in [0.05, 0.1) is 18.8 Å². The molecule has 3 rings (SSSR count). The van der Waals surface area contributed by atoms with Gasteiger partial charge in [0.1, 0.15) is 0 Å². The van der Waals surface area contributed by atoms with E-state index in [1.54, 1.807) is 0 Å². The van der Waals surface area contributed by atoms with Crippen LogP contribution in [0.5, 0.6) is 0 Å². The molecule has 0 saturated carbocycles. The van der Waals surface area contributed by atoms with Crippen LogP contribution >= 0.6 is 0 Å². The minimum Gasteiger partial charge on any atom is -0.379 e. The van der Waals surface area contributed by atoms with Crippen LogP contribution in [-0.2, 0) is 11.3 Å². The Hall–Kier alpha value is -2.31. The fourth-order valence-corrected chi connectivity index (χ4v) is 4.13. The van der Waals surface area contributed by atoms with Crippen molar-refractivity contribution in [1.82, 2.24) is 9.47 Å². The first kappa shape index (κ1) is 21.4. The van der Waals surface area contributed by atoms with E-state index in [4.69, 9.17) is 10.5 Å². The third-order valence-corrected chi connectivity index (χ3v) is 5.88. The molecule has 0 spiro atoms. The zero-order valence-corrected chi connectivity index (χ0v) is 18.0. The molecule has 2 aromatic rings. The molecule has 6 nitrogen and oxygen atoms in total. The highest BCUT2D eigenvalue weighted by molar-refractivity contribution is 5.95. The van der Waals surface area contributed by atoms with Gasteiger partial charge in [0, 0.05) is 56.3 Å². The Kier molecular flexibility index (Phi) is 7.34. The number of hydrogen-bond acceptors (Lipinski definition) is 4. The number of benzene rings is 1. The van der Waals surface area contributed by atoms with E-state index in [1.165, 1.54) is 5.69 Å². The summed E-state index contributed by atoms with van der Waals surface area (Å²) in [5, 5.41) is 0. The van der Waals surface area contributed by atoms with Crippen molar-refractivity contribution < 1.29 is 9.53 Å². The van der Waals surface area contributed by atoms with Crippen LogP contribution < -0.4 is 10.6 Å². The molecule has 1 saturated heterocycles. The predicted octanol–water partition coefficient (Wildman–Crippen LogP) is 3.13. The molecule has 0 bridgehead atoms. The molecule has 0 unspecified atom stereocenters. The molecule has 0 atom stereocenters. The van der Waals surface area contributed by atoms with Crippen molar-refractivity contribution >= 4 is 11.6 Å². The zero-order valence-electron chi connectivity index (χ0n) is 18.0. The second kappa shape index (κ2) is 9.94. The Morgan fingerprint density at radius 2 is 1.76 bits per heavy atom. The van der Waals surface area contributed by atoms with Gasteiger partial charge in [0.15, 0.2) is 0 Å². The molecule has 0 radical (unpaired) electrons. The lowest BCUT2D eigenvalue weighted by atomic mass is 10.1. The van der Waals surface area contributed by atoms with E-state index >= 15 is 0 Å². The van der Waals surface area contributed by atoms with E-state index < -0.39 is 0 Å². The summed E-state index contributed by atoms with van der Waals surface area (Å²) < 4.78 is 7.67. The molecular formula is C23H34N4O2. The summed E-state index contributed by atoms with van der Waals surface area (Å²) in [6, 6.07) is 10.6. The number of anilines is 1. The normalized spacial score (nSPS) is 14.9. The standard InChI is InChI=1S/C23H34N4O2/c1-4-26(5-2)20-9-7-19(8-10-20)22-17-21(23(24)28)18(3)27(22)12-6-11-25-13-15-29-16-14-25/h7-10,17H,4-6,11-16H2,1-3H3,(H2,24,28). The van der Waals surface area contributed by atoms with Gasteiger partial charge in [-0.1, -0.05) is 12.1 Å². The van der Waals surface area contributed by atoms with Crippen LogP contribution in [0, 0.1) is 6.92 Å². The lowest BCUT2D eigenvalue weighted by molar-refractivity contribution is 0.0369. The monoisotopic (exact) mass is 398 g/mol. The fourth-order valence-electron chi connectivity index (χ4n) is 4.13. The van der Waals surface area contributed by atoms with Crippen LogP contribution in [0.4, 0.5) is 5.69 Å². The summed E-state index contributed by atoms with van der Waals surface area (Å²) in [7, 11) is 0. The number of morpholine rings is 1. The molecule has 1 amide bonds. The van der Waals surface area contributed by atoms with Crippen LogP contribution in [0.15, 0.2) is 30.3 Å². The van der Waals surface area contributed by atoms with Gasteiger partial charge in [0.25, 0.3) is 5.91 Å². The minimum atomic E-state index is -0.365. The summed E-state index contributed by atoms with van der Waals surface area (Å²) in [6.07, 6.45) is 1.03. The number of carbonyl (C=O) groups is 1. The Bertz CT molecular complexity index is 803. The van der Waals surface area contributed by atoms with Crippen molar-refractivity contribution in [2.24, 2.45) is 5.73 Å². The topological polar surface area (TPSA) is 63.7 Å². The van der Waals surface area contributed by atoms with Crippen LogP contribution in [0.2, 0.25) is 0 Å². The average molecular weight is 399 g/mol. The van der Waals surface area contributed by atoms with Crippen molar-refractivity contribution in [3.63, 3.8) is 0 Å². The highest BCUT2D eigenvalue weighted by atomic mass is 16.5. The third-order valence-electron chi connectivity index (χ3n) is 5.88. The predicted molar refractivity (Wildman–Crippen MR) is 119 cm³/mol. The number of primary amides is 1. The highest BCUT2D eigenvalue weighted by Crippen LogP contribution is 2.28. The maximum atomic E-state index is 11.9. The Labute approximate surface area is 174 Å². The van der Waals surface area contributed by atoms with E-state index in [2.05, 4.69) is 52.5 Å². The second-order valence-electron chi connectivity index (χ2n) is 7.57. The lowest BCUT2D eigenvalue weighted by Gasteiger charge is -2.26. The zero-order chi connectivity index (χ0) is 20.8. The number of nitrogens with two attached hydrogens (primary N) is 1. The van der Waals surface area contributed by atoms with Crippen molar-refractivity contribution in [2.75, 3.05) is 50.8 Å². The molecule has 1 aliphatic heterocycles. The maximum Gasteiger partial charge on any atom is 0.250 e. The van der Waals surface area contributed by atoms with Crippen LogP contribution in [-0.4, -0.2) is 61.3 Å². The molecule has 29 heavy (non-hydrogen) atoms. The van der Waals surface area contributed by atoms with Crippen LogP contribution in [0.3, 0.4) is 0 Å². The summed E-state index contributed by atoms with van der Waals surface area (Å²) >= 11 is 0. The number of nitrogens with zero attached hydrogens (tertiary/aromatic N) is 3. The lowest BCUT2D eigenvalue weighted by Crippen LogP contribution is -2.37. The van der Waals surface area contributed by atoms with Gasteiger partial charge < -0.3 is 19.9 Å². The van der Waals surface area contributed by atoms with E-state index in [9.17, 15) is 4.79 Å². The SMILES string of the molecule is CCN(CC)c1ccc(-c2cc(C(N)=O)c(C)n2CCCN2CCOCC2)cc1. The number of rotatable bonds is 9. The quantitative estimate of drug-likeness (QED) is 0.705. The van der Waals surface area contributed by atoms with Crippen molar-refractivity contribution in [3.8, 4) is 11.3 Å². The molecule has 1 aromatic heterocycles. The van der Waals surface area contributed by atoms with Gasteiger partial charge in [-0.2, -0.15) is 0 Å². The smallest absolute Gasteiger partial charge is 0.250 e. The van der Waals surface area contributed by atoms with E-state index in [0.717, 1.165) is 75.9 Å². The van der Waals surface area contributed by atoms with E-state index in [1.807, 2.05) is 13.0 Å². The second-order valence-corrected chi connectivity index (χ2v) is 7.57. The van der Waals surface area contributed by atoms with E-state index in [0.29, 0.717) is 5.56 Å². The molecular weight excluding hydrogens is 364 g/mol. The van der Waals surface area contributed by atoms with Crippen molar-refractivity contribution in [3.05, 3.63) is 41.6 Å². The maximum absolute atomic E-state index is 11.9. The van der Waals surface area contributed by atoms with Gasteiger partial charge in [0.2, 0.25) is 0 Å². The molecule has 2 heterocycles. The first-order valence-corrected chi connectivity index (χ1v) is 10.7. The van der Waals surface area contributed by atoms with Crippen LogP contribution in [0.25, 0.3) is 11.3 Å². The summed E-state index contributed by atoms with van der Waals surface area (Å²) in [5.41, 5.74) is 10.6. The van der Waals surface area contributed by atoms with Crippen molar-refractivity contribution in [1.29, 1.82) is 0 Å².